The lowest BCUT2D eigenvalue weighted by molar-refractivity contribution is 0.101. The fourth-order valence-electron chi connectivity index (χ4n) is 1.35. The first kappa shape index (κ1) is 10.1. The quantitative estimate of drug-likeness (QED) is 0.783. The Morgan fingerprint density at radius 1 is 1.47 bits per heavy atom. The van der Waals surface area contributed by atoms with E-state index >= 15 is 0 Å². The van der Waals surface area contributed by atoms with Gasteiger partial charge in [-0.25, -0.2) is 0 Å². The van der Waals surface area contributed by atoms with Gasteiger partial charge in [0.25, 0.3) is 0 Å². The van der Waals surface area contributed by atoms with Crippen molar-refractivity contribution in [3.63, 3.8) is 0 Å². The number of halogens is 1. The zero-order valence-electron chi connectivity index (χ0n) is 8.03. The molecule has 4 heteroatoms. The number of nitrogens with zero attached hydrogens (tertiary/aromatic N) is 1. The highest BCUT2D eigenvalue weighted by atomic mass is 79.9. The minimum Gasteiger partial charge on any atom is -0.363 e. The predicted molar refractivity (Wildman–Crippen MR) is 59.6 cm³/mol. The van der Waals surface area contributed by atoms with Crippen molar-refractivity contribution in [1.82, 2.24) is 5.16 Å². The number of hydrogen-bond donors (Lipinski definition) is 0. The van der Waals surface area contributed by atoms with E-state index < -0.39 is 0 Å². The Hall–Kier alpha value is -1.42. The molecule has 0 aliphatic rings. The van der Waals surface area contributed by atoms with E-state index in [2.05, 4.69) is 21.1 Å². The van der Waals surface area contributed by atoms with Crippen molar-refractivity contribution in [2.45, 2.75) is 6.92 Å². The Labute approximate surface area is 95.2 Å². The first-order chi connectivity index (χ1) is 7.18. The molecule has 0 unspecified atom stereocenters. The van der Waals surface area contributed by atoms with Gasteiger partial charge in [-0.05, 0) is 17.7 Å². The van der Waals surface area contributed by atoms with Crippen molar-refractivity contribution in [2.24, 2.45) is 0 Å². The van der Waals surface area contributed by atoms with Gasteiger partial charge in [-0.15, -0.1) is 0 Å². The van der Waals surface area contributed by atoms with Crippen molar-refractivity contribution in [3.05, 3.63) is 40.7 Å². The van der Waals surface area contributed by atoms with Crippen molar-refractivity contribution in [2.75, 3.05) is 0 Å². The summed E-state index contributed by atoms with van der Waals surface area (Å²) in [5.74, 6) is -0.0984. The van der Waals surface area contributed by atoms with Crippen LogP contribution in [-0.4, -0.2) is 10.9 Å². The van der Waals surface area contributed by atoms with Crippen LogP contribution in [0.3, 0.4) is 0 Å². The third-order valence-electron chi connectivity index (χ3n) is 2.04. The predicted octanol–water partition coefficient (Wildman–Crippen LogP) is 3.31. The normalized spacial score (nSPS) is 10.3. The Morgan fingerprint density at radius 2 is 2.27 bits per heavy atom. The molecule has 2 aromatic rings. The molecule has 2 rings (SSSR count). The smallest absolute Gasteiger partial charge is 0.182 e. The Bertz CT molecular complexity index is 505. The lowest BCUT2D eigenvalue weighted by Gasteiger charge is -1.98. The van der Waals surface area contributed by atoms with Gasteiger partial charge in [0.05, 0.1) is 5.56 Å². The molecule has 0 saturated heterocycles. The van der Waals surface area contributed by atoms with Crippen LogP contribution in [0.2, 0.25) is 0 Å². The fraction of sp³-hybridized carbons (Fsp3) is 0.0909. The van der Waals surface area contributed by atoms with E-state index in [1.165, 1.54) is 13.2 Å². The molecular formula is C11H8BrNO2. The first-order valence-corrected chi connectivity index (χ1v) is 5.19. The van der Waals surface area contributed by atoms with Crippen LogP contribution in [0.25, 0.3) is 11.1 Å². The molecule has 0 atom stereocenters. The number of Topliss-reactive ketones (excluding diaryl/α,β-unsaturated/α-hetero) is 1. The van der Waals surface area contributed by atoms with Gasteiger partial charge < -0.3 is 4.52 Å². The summed E-state index contributed by atoms with van der Waals surface area (Å²) in [6.07, 6.45) is 1.48. The first-order valence-electron chi connectivity index (χ1n) is 4.40. The lowest BCUT2D eigenvalue weighted by atomic mass is 10.1. The van der Waals surface area contributed by atoms with E-state index in [0.29, 0.717) is 5.69 Å². The van der Waals surface area contributed by atoms with Gasteiger partial charge in [-0.1, -0.05) is 33.2 Å². The Balaban J connectivity index is 2.54. The topological polar surface area (TPSA) is 43.1 Å². The average molecular weight is 266 g/mol. The van der Waals surface area contributed by atoms with Crippen LogP contribution in [-0.2, 0) is 0 Å². The molecule has 15 heavy (non-hydrogen) atoms. The van der Waals surface area contributed by atoms with Gasteiger partial charge in [-0.3, -0.25) is 4.79 Å². The van der Waals surface area contributed by atoms with Crippen molar-refractivity contribution >= 4 is 21.7 Å². The molecule has 0 saturated carbocycles. The van der Waals surface area contributed by atoms with E-state index in [-0.39, 0.29) is 5.78 Å². The molecule has 76 valence electrons. The van der Waals surface area contributed by atoms with Gasteiger partial charge >= 0.3 is 0 Å². The molecule has 0 aliphatic heterocycles. The summed E-state index contributed by atoms with van der Waals surface area (Å²) in [7, 11) is 0. The standard InChI is InChI=1S/C11H8BrNO2/c1-7(14)11-10(6-15-13-11)8-3-2-4-9(12)5-8/h2-6H,1H3. The molecule has 0 N–H and O–H groups in total. The van der Waals surface area contributed by atoms with E-state index in [0.717, 1.165) is 15.6 Å². The molecule has 0 bridgehead atoms. The minimum absolute atomic E-state index is 0.0984. The molecule has 0 aliphatic carbocycles. The monoisotopic (exact) mass is 265 g/mol. The molecule has 0 fully saturated rings. The van der Waals surface area contributed by atoms with E-state index in [1.807, 2.05) is 24.3 Å². The maximum atomic E-state index is 11.3. The molecule has 1 heterocycles. The molecule has 1 aromatic carbocycles. The third kappa shape index (κ3) is 1.99. The fourth-order valence-corrected chi connectivity index (χ4v) is 1.75. The van der Waals surface area contributed by atoms with Gasteiger partial charge in [-0.2, -0.15) is 0 Å². The van der Waals surface area contributed by atoms with Crippen LogP contribution in [0.4, 0.5) is 0 Å². The van der Waals surface area contributed by atoms with Crippen molar-refractivity contribution in [3.8, 4) is 11.1 Å². The number of carbonyl (C=O) groups excluding carboxylic acids is 1. The lowest BCUT2D eigenvalue weighted by Crippen LogP contribution is -1.94. The number of hydrogen-bond acceptors (Lipinski definition) is 3. The second-order valence-electron chi connectivity index (χ2n) is 3.14. The van der Waals surface area contributed by atoms with Crippen molar-refractivity contribution in [1.29, 1.82) is 0 Å². The maximum absolute atomic E-state index is 11.3. The zero-order chi connectivity index (χ0) is 10.8. The Morgan fingerprint density at radius 3 is 2.93 bits per heavy atom. The maximum Gasteiger partial charge on any atom is 0.182 e. The summed E-state index contributed by atoms with van der Waals surface area (Å²) in [6, 6.07) is 7.64. The molecule has 0 spiro atoms. The summed E-state index contributed by atoms with van der Waals surface area (Å²) in [6.45, 7) is 1.47. The van der Waals surface area contributed by atoms with Gasteiger partial charge in [0.15, 0.2) is 11.5 Å². The van der Waals surface area contributed by atoms with Crippen LogP contribution < -0.4 is 0 Å². The summed E-state index contributed by atoms with van der Waals surface area (Å²) in [5.41, 5.74) is 2.01. The highest BCUT2D eigenvalue weighted by molar-refractivity contribution is 9.10. The van der Waals surface area contributed by atoms with E-state index in [9.17, 15) is 4.79 Å². The second-order valence-corrected chi connectivity index (χ2v) is 4.06. The summed E-state index contributed by atoms with van der Waals surface area (Å²) < 4.78 is 5.77. The molecule has 1 aromatic heterocycles. The largest absolute Gasteiger partial charge is 0.363 e. The molecule has 0 amide bonds. The van der Waals surface area contributed by atoms with Crippen LogP contribution >= 0.6 is 15.9 Å². The van der Waals surface area contributed by atoms with E-state index in [4.69, 9.17) is 4.52 Å². The van der Waals surface area contributed by atoms with Crippen LogP contribution in [0.15, 0.2) is 39.5 Å². The minimum atomic E-state index is -0.0984. The number of ketones is 1. The SMILES string of the molecule is CC(=O)c1nocc1-c1cccc(Br)c1. The summed E-state index contributed by atoms with van der Waals surface area (Å²) in [4.78, 5) is 11.3. The molecule has 3 nitrogen and oxygen atoms in total. The third-order valence-corrected chi connectivity index (χ3v) is 2.53. The Kier molecular flexibility index (Phi) is 2.68. The number of rotatable bonds is 2. The highest BCUT2D eigenvalue weighted by Gasteiger charge is 2.13. The van der Waals surface area contributed by atoms with Crippen LogP contribution in [0, 0.1) is 0 Å². The highest BCUT2D eigenvalue weighted by Crippen LogP contribution is 2.25. The molecular weight excluding hydrogens is 258 g/mol. The van der Waals surface area contributed by atoms with E-state index in [1.54, 1.807) is 0 Å². The zero-order valence-corrected chi connectivity index (χ0v) is 9.61. The average Bonchev–Trinajstić information content (AvgIpc) is 2.65. The van der Waals surface area contributed by atoms with Gasteiger partial charge in [0, 0.05) is 11.4 Å². The number of aromatic nitrogens is 1. The van der Waals surface area contributed by atoms with Gasteiger partial charge in [0.1, 0.15) is 6.26 Å². The summed E-state index contributed by atoms with van der Waals surface area (Å²) >= 11 is 3.37. The number of benzene rings is 1. The summed E-state index contributed by atoms with van der Waals surface area (Å²) in [5, 5.41) is 3.68. The second kappa shape index (κ2) is 3.98. The van der Waals surface area contributed by atoms with Crippen molar-refractivity contribution < 1.29 is 9.32 Å². The van der Waals surface area contributed by atoms with Gasteiger partial charge in [0.2, 0.25) is 0 Å². The molecule has 0 radical (unpaired) electrons. The van der Waals surface area contributed by atoms with Crippen LogP contribution in [0.1, 0.15) is 17.4 Å². The number of carbonyl (C=O) groups is 1. The van der Waals surface area contributed by atoms with Crippen LogP contribution in [0.5, 0.6) is 0 Å².